The molecule has 9 nitrogen and oxygen atoms in total. The van der Waals surface area contributed by atoms with Crippen LogP contribution in [0.2, 0.25) is 0 Å². The second-order valence-electron chi connectivity index (χ2n) is 11.7. The van der Waals surface area contributed by atoms with Crippen LogP contribution in [0.15, 0.2) is 47.2 Å². The summed E-state index contributed by atoms with van der Waals surface area (Å²) < 4.78 is 40.0. The average molecular weight is 574 g/mol. The maximum Gasteiger partial charge on any atom is 0.276 e. The van der Waals surface area contributed by atoms with Gasteiger partial charge < -0.3 is 20.4 Å². The Balaban J connectivity index is 1.24. The molecule has 1 unspecified atom stereocenters. The fourth-order valence-electron chi connectivity index (χ4n) is 6.28. The second kappa shape index (κ2) is 9.78. The van der Waals surface area contributed by atoms with E-state index in [9.17, 15) is 18.4 Å². The standard InChI is InChI=1S/C31H29F2N5O4/c1-15-13-34-16(2)23(15)17-5-7-20(8-6-17)35-29(39)26(36-30(40)27-25(18-3-4-18)37-42-38-27)24-21-11-19(32)12-22(33)28(21)41-14-31(24)9-10-31/h5-8,11-13,18,24,26,34H,3-4,9-10,14H2,1-2H3,(H,35,39)(H,36,40)/t24?,26-/m0/s1. The monoisotopic (exact) mass is 573 g/mol. The lowest BCUT2D eigenvalue weighted by molar-refractivity contribution is -0.119. The molecule has 2 aromatic heterocycles. The van der Waals surface area contributed by atoms with Gasteiger partial charge in [-0.1, -0.05) is 17.3 Å². The number of nitrogens with zero attached hydrogens (tertiary/aromatic N) is 2. The Kier molecular flexibility index (Phi) is 6.14. The molecule has 42 heavy (non-hydrogen) atoms. The molecule has 2 fully saturated rings. The number of rotatable bonds is 7. The number of ether oxygens (including phenoxy) is 1. The Labute approximate surface area is 240 Å². The van der Waals surface area contributed by atoms with Gasteiger partial charge in [0.05, 0.1) is 6.61 Å². The van der Waals surface area contributed by atoms with Crippen LogP contribution >= 0.6 is 0 Å². The second-order valence-corrected chi connectivity index (χ2v) is 11.7. The third-order valence-electron chi connectivity index (χ3n) is 8.74. The van der Waals surface area contributed by atoms with Crippen LogP contribution in [-0.4, -0.2) is 39.8 Å². The molecule has 2 aliphatic carbocycles. The Morgan fingerprint density at radius 1 is 1.10 bits per heavy atom. The van der Waals surface area contributed by atoms with E-state index in [1.165, 1.54) is 6.07 Å². The maximum atomic E-state index is 14.8. The van der Waals surface area contributed by atoms with Crippen molar-refractivity contribution in [3.05, 3.63) is 82.4 Å². The Hall–Kier alpha value is -4.54. The van der Waals surface area contributed by atoms with Crippen molar-refractivity contribution in [2.45, 2.75) is 57.4 Å². The highest BCUT2D eigenvalue weighted by Crippen LogP contribution is 2.61. The molecule has 0 radical (unpaired) electrons. The molecule has 2 saturated carbocycles. The van der Waals surface area contributed by atoms with E-state index in [0.29, 0.717) is 24.2 Å². The minimum absolute atomic E-state index is 0.0134. The van der Waals surface area contributed by atoms with Crippen LogP contribution in [0.4, 0.5) is 14.5 Å². The summed E-state index contributed by atoms with van der Waals surface area (Å²) in [7, 11) is 0. The summed E-state index contributed by atoms with van der Waals surface area (Å²) in [6.07, 6.45) is 5.03. The lowest BCUT2D eigenvalue weighted by Gasteiger charge is -2.38. The molecule has 4 aromatic rings. The Bertz CT molecular complexity index is 1690. The molecule has 3 N–H and O–H groups in total. The zero-order chi connectivity index (χ0) is 29.2. The summed E-state index contributed by atoms with van der Waals surface area (Å²) in [5, 5.41) is 13.5. The molecule has 1 spiro atoms. The first kappa shape index (κ1) is 26.4. The van der Waals surface area contributed by atoms with Crippen molar-refractivity contribution in [1.29, 1.82) is 0 Å². The van der Waals surface area contributed by atoms with Gasteiger partial charge in [0, 0.05) is 52.0 Å². The zero-order valence-corrected chi connectivity index (χ0v) is 23.1. The predicted molar refractivity (Wildman–Crippen MR) is 148 cm³/mol. The van der Waals surface area contributed by atoms with Gasteiger partial charge in [0.15, 0.2) is 17.3 Å². The normalized spacial score (nSPS) is 19.1. The van der Waals surface area contributed by atoms with Gasteiger partial charge in [-0.05, 0) is 74.0 Å². The fraction of sp³-hybridized carbons (Fsp3) is 0.355. The summed E-state index contributed by atoms with van der Waals surface area (Å²) in [5.41, 5.74) is 4.84. The zero-order valence-electron chi connectivity index (χ0n) is 23.1. The first-order valence-electron chi connectivity index (χ1n) is 14.0. The number of amides is 2. The van der Waals surface area contributed by atoms with E-state index in [4.69, 9.17) is 9.37 Å². The number of carbonyl (C=O) groups excluding carboxylic acids is 2. The number of hydrogen-bond donors (Lipinski definition) is 3. The van der Waals surface area contributed by atoms with Gasteiger partial charge in [-0.3, -0.25) is 9.59 Å². The largest absolute Gasteiger partial charge is 0.490 e. The average Bonchev–Trinajstić information content (AvgIpc) is 3.87. The smallest absolute Gasteiger partial charge is 0.276 e. The molecule has 2 atom stereocenters. The summed E-state index contributed by atoms with van der Waals surface area (Å²) >= 11 is 0. The van der Waals surface area contributed by atoms with E-state index in [1.54, 1.807) is 12.1 Å². The number of nitrogens with one attached hydrogen (secondary N) is 3. The number of aromatic amines is 1. The molecule has 2 aromatic carbocycles. The molecular weight excluding hydrogens is 544 g/mol. The van der Waals surface area contributed by atoms with Gasteiger partial charge >= 0.3 is 0 Å². The van der Waals surface area contributed by atoms with Gasteiger partial charge in [-0.2, -0.15) is 0 Å². The number of aromatic nitrogens is 3. The van der Waals surface area contributed by atoms with E-state index >= 15 is 0 Å². The number of halogens is 2. The Morgan fingerprint density at radius 2 is 1.86 bits per heavy atom. The SMILES string of the molecule is Cc1c[nH]c(C)c1-c1ccc(NC(=O)[C@@H](NC(=O)c2nonc2C2CC2)C2c3cc(F)cc(F)c3OCC23CC3)cc1. The first-order chi connectivity index (χ1) is 20.2. The molecule has 0 bridgehead atoms. The molecule has 7 rings (SSSR count). The van der Waals surface area contributed by atoms with Gasteiger partial charge in [0.1, 0.15) is 17.6 Å². The molecule has 1 aliphatic heterocycles. The maximum absolute atomic E-state index is 14.8. The van der Waals surface area contributed by atoms with Gasteiger partial charge in [0.2, 0.25) is 5.91 Å². The van der Waals surface area contributed by atoms with Crippen LogP contribution in [0.1, 0.15) is 70.5 Å². The first-order valence-corrected chi connectivity index (χ1v) is 14.0. The number of carbonyl (C=O) groups is 2. The Morgan fingerprint density at radius 3 is 2.52 bits per heavy atom. The summed E-state index contributed by atoms with van der Waals surface area (Å²) in [5.74, 6) is -3.56. The number of fused-ring (bicyclic) bond motifs is 1. The van der Waals surface area contributed by atoms with E-state index in [-0.39, 0.29) is 29.5 Å². The highest BCUT2D eigenvalue weighted by molar-refractivity contribution is 6.01. The van der Waals surface area contributed by atoms with Gasteiger partial charge in [0.25, 0.3) is 5.91 Å². The molecule has 3 heterocycles. The molecule has 2 amide bonds. The molecule has 3 aliphatic rings. The van der Waals surface area contributed by atoms with Crippen LogP contribution in [0, 0.1) is 30.9 Å². The van der Waals surface area contributed by atoms with Crippen LogP contribution in [0.5, 0.6) is 5.75 Å². The number of H-pyrrole nitrogens is 1. The lowest BCUT2D eigenvalue weighted by Crippen LogP contribution is -2.52. The van der Waals surface area contributed by atoms with Crippen molar-refractivity contribution in [2.75, 3.05) is 11.9 Å². The predicted octanol–water partition coefficient (Wildman–Crippen LogP) is 5.53. The highest BCUT2D eigenvalue weighted by Gasteiger charge is 2.58. The topological polar surface area (TPSA) is 122 Å². The van der Waals surface area contributed by atoms with Crippen LogP contribution in [0.25, 0.3) is 11.1 Å². The number of hydrogen-bond acceptors (Lipinski definition) is 6. The minimum atomic E-state index is -1.19. The van der Waals surface area contributed by atoms with Crippen molar-refractivity contribution in [2.24, 2.45) is 5.41 Å². The van der Waals surface area contributed by atoms with Crippen molar-refractivity contribution < 1.29 is 27.7 Å². The molecule has 216 valence electrons. The minimum Gasteiger partial charge on any atom is -0.490 e. The molecule has 11 heteroatoms. The van der Waals surface area contributed by atoms with Crippen molar-refractivity contribution in [1.82, 2.24) is 20.6 Å². The van der Waals surface area contributed by atoms with Crippen LogP contribution in [-0.2, 0) is 4.79 Å². The number of benzene rings is 2. The van der Waals surface area contributed by atoms with Gasteiger partial charge in [-0.15, -0.1) is 0 Å². The van der Waals surface area contributed by atoms with Crippen LogP contribution < -0.4 is 15.4 Å². The van der Waals surface area contributed by atoms with Crippen molar-refractivity contribution >= 4 is 17.5 Å². The summed E-state index contributed by atoms with van der Waals surface area (Å²) in [6, 6.07) is 8.15. The van der Waals surface area contributed by atoms with Crippen LogP contribution in [0.3, 0.4) is 0 Å². The third-order valence-corrected chi connectivity index (χ3v) is 8.74. The summed E-state index contributed by atoms with van der Waals surface area (Å²) in [4.78, 5) is 30.8. The highest BCUT2D eigenvalue weighted by atomic mass is 19.1. The lowest BCUT2D eigenvalue weighted by atomic mass is 9.75. The van der Waals surface area contributed by atoms with Crippen molar-refractivity contribution in [3.8, 4) is 16.9 Å². The van der Waals surface area contributed by atoms with Gasteiger partial charge in [-0.25, -0.2) is 13.4 Å². The molecular formula is C31H29F2N5O4. The third kappa shape index (κ3) is 4.53. The summed E-state index contributed by atoms with van der Waals surface area (Å²) in [6.45, 7) is 4.16. The quantitative estimate of drug-likeness (QED) is 0.267. The number of aryl methyl sites for hydroxylation is 2. The van der Waals surface area contributed by atoms with Crippen molar-refractivity contribution in [3.63, 3.8) is 0 Å². The number of anilines is 1. The van der Waals surface area contributed by atoms with E-state index < -0.39 is 40.8 Å². The van der Waals surface area contributed by atoms with E-state index in [0.717, 1.165) is 41.3 Å². The molecule has 0 saturated heterocycles. The van der Waals surface area contributed by atoms with E-state index in [2.05, 4.69) is 25.9 Å². The fourth-order valence-corrected chi connectivity index (χ4v) is 6.28. The van der Waals surface area contributed by atoms with E-state index in [1.807, 2.05) is 32.2 Å².